The third-order valence-electron chi connectivity index (χ3n) is 3.97. The van der Waals surface area contributed by atoms with Crippen LogP contribution in [0.3, 0.4) is 0 Å². The quantitative estimate of drug-likeness (QED) is 0.838. The Hall–Kier alpha value is -0.870. The zero-order valence-corrected chi connectivity index (χ0v) is 11.3. The van der Waals surface area contributed by atoms with Crippen LogP contribution in [0.5, 0.6) is 0 Å². The van der Waals surface area contributed by atoms with Gasteiger partial charge in [-0.25, -0.2) is 0 Å². The average Bonchev–Trinajstić information content (AvgIpc) is 2.52. The summed E-state index contributed by atoms with van der Waals surface area (Å²) in [6, 6.07) is 2.52. The summed E-state index contributed by atoms with van der Waals surface area (Å²) in [7, 11) is 4.07. The van der Waals surface area contributed by atoms with Crippen LogP contribution in [0.1, 0.15) is 31.2 Å². The molecule has 1 aromatic rings. The molecule has 1 aromatic heterocycles. The number of aliphatic hydroxyl groups is 1. The third-order valence-corrected chi connectivity index (χ3v) is 3.97. The highest BCUT2D eigenvalue weighted by Crippen LogP contribution is 2.29. The van der Waals surface area contributed by atoms with Gasteiger partial charge in [-0.2, -0.15) is 5.10 Å². The predicted octanol–water partition coefficient (Wildman–Crippen LogP) is 1.12. The van der Waals surface area contributed by atoms with Gasteiger partial charge in [-0.3, -0.25) is 4.68 Å². The molecule has 96 valence electrons. The van der Waals surface area contributed by atoms with E-state index in [4.69, 9.17) is 0 Å². The summed E-state index contributed by atoms with van der Waals surface area (Å²) in [5.41, 5.74) is 1.58. The second-order valence-corrected chi connectivity index (χ2v) is 5.59. The van der Waals surface area contributed by atoms with Crippen LogP contribution in [0.15, 0.2) is 6.07 Å². The fraction of sp³-hybridized carbons (Fsp3) is 0.769. The lowest BCUT2D eigenvalue weighted by molar-refractivity contribution is -0.0365. The largest absolute Gasteiger partial charge is 0.389 e. The maximum atomic E-state index is 10.7. The lowest BCUT2D eigenvalue weighted by atomic mass is 9.83. The highest BCUT2D eigenvalue weighted by atomic mass is 16.3. The Morgan fingerprint density at radius 2 is 2.24 bits per heavy atom. The Morgan fingerprint density at radius 3 is 2.76 bits per heavy atom. The maximum absolute atomic E-state index is 10.7. The topological polar surface area (TPSA) is 41.3 Å². The van der Waals surface area contributed by atoms with Crippen molar-refractivity contribution in [2.24, 2.45) is 7.05 Å². The lowest BCUT2D eigenvalue weighted by Crippen LogP contribution is -2.48. The van der Waals surface area contributed by atoms with Crippen LogP contribution in [0.2, 0.25) is 0 Å². The summed E-state index contributed by atoms with van der Waals surface area (Å²) in [5, 5.41) is 15.0. The smallest absolute Gasteiger partial charge is 0.0729 e. The number of rotatable bonds is 2. The van der Waals surface area contributed by atoms with Gasteiger partial charge in [0.25, 0.3) is 0 Å². The SMILES string of the molecule is Cc1cc(CC2(O)CCN(C)C(C)C2)n(C)n1. The molecule has 2 unspecified atom stereocenters. The lowest BCUT2D eigenvalue weighted by Gasteiger charge is -2.41. The van der Waals surface area contributed by atoms with Crippen LogP contribution in [-0.2, 0) is 13.5 Å². The molecular formula is C13H23N3O. The van der Waals surface area contributed by atoms with Gasteiger partial charge < -0.3 is 10.0 Å². The van der Waals surface area contributed by atoms with E-state index in [1.54, 1.807) is 0 Å². The summed E-state index contributed by atoms with van der Waals surface area (Å²) in [6.07, 6.45) is 2.40. The molecule has 0 aliphatic carbocycles. The van der Waals surface area contributed by atoms with Gasteiger partial charge in [0.1, 0.15) is 0 Å². The number of aromatic nitrogens is 2. The number of nitrogens with zero attached hydrogens (tertiary/aromatic N) is 3. The van der Waals surface area contributed by atoms with Crippen molar-refractivity contribution in [3.63, 3.8) is 0 Å². The average molecular weight is 237 g/mol. The first-order valence-corrected chi connectivity index (χ1v) is 6.32. The number of likely N-dealkylation sites (tertiary alicyclic amines) is 1. The third kappa shape index (κ3) is 2.69. The Kier molecular flexibility index (Phi) is 3.27. The molecule has 2 rings (SSSR count). The van der Waals surface area contributed by atoms with Gasteiger partial charge in [-0.1, -0.05) is 0 Å². The Morgan fingerprint density at radius 1 is 1.53 bits per heavy atom. The van der Waals surface area contributed by atoms with E-state index in [-0.39, 0.29) is 0 Å². The number of hydrogen-bond donors (Lipinski definition) is 1. The van der Waals surface area contributed by atoms with E-state index in [1.807, 2.05) is 18.7 Å². The molecule has 0 saturated carbocycles. The summed E-state index contributed by atoms with van der Waals surface area (Å²) >= 11 is 0. The van der Waals surface area contributed by atoms with Crippen molar-refractivity contribution >= 4 is 0 Å². The van der Waals surface area contributed by atoms with Gasteiger partial charge in [0.2, 0.25) is 0 Å². The number of piperidine rings is 1. The zero-order chi connectivity index (χ0) is 12.6. The summed E-state index contributed by atoms with van der Waals surface area (Å²) in [4.78, 5) is 2.31. The van der Waals surface area contributed by atoms with Gasteiger partial charge in [0.15, 0.2) is 0 Å². The van der Waals surface area contributed by atoms with Crippen molar-refractivity contribution in [2.75, 3.05) is 13.6 Å². The normalized spacial score (nSPS) is 30.8. The predicted molar refractivity (Wildman–Crippen MR) is 67.9 cm³/mol. The zero-order valence-electron chi connectivity index (χ0n) is 11.3. The van der Waals surface area contributed by atoms with E-state index in [0.717, 1.165) is 30.8 Å². The minimum absolute atomic E-state index is 0.447. The Labute approximate surface area is 103 Å². The minimum Gasteiger partial charge on any atom is -0.389 e. The van der Waals surface area contributed by atoms with E-state index in [1.165, 1.54) is 0 Å². The van der Waals surface area contributed by atoms with Gasteiger partial charge in [0.05, 0.1) is 11.3 Å². The van der Waals surface area contributed by atoms with Gasteiger partial charge >= 0.3 is 0 Å². The van der Waals surface area contributed by atoms with Crippen molar-refractivity contribution in [2.45, 2.75) is 44.8 Å². The first-order valence-electron chi connectivity index (χ1n) is 6.32. The van der Waals surface area contributed by atoms with Gasteiger partial charge in [-0.05, 0) is 39.8 Å². The maximum Gasteiger partial charge on any atom is 0.0729 e. The minimum atomic E-state index is -0.563. The van der Waals surface area contributed by atoms with Crippen molar-refractivity contribution < 1.29 is 5.11 Å². The molecule has 17 heavy (non-hydrogen) atoms. The van der Waals surface area contributed by atoms with Crippen molar-refractivity contribution in [3.05, 3.63) is 17.5 Å². The molecule has 0 bridgehead atoms. The fourth-order valence-electron chi connectivity index (χ4n) is 2.74. The molecule has 1 fully saturated rings. The number of hydrogen-bond acceptors (Lipinski definition) is 3. The van der Waals surface area contributed by atoms with E-state index < -0.39 is 5.60 Å². The van der Waals surface area contributed by atoms with Crippen LogP contribution in [0.25, 0.3) is 0 Å². The van der Waals surface area contributed by atoms with Crippen LogP contribution < -0.4 is 0 Å². The molecule has 1 aliphatic rings. The molecule has 0 radical (unpaired) electrons. The molecule has 1 N–H and O–H groups in total. The van der Waals surface area contributed by atoms with Crippen LogP contribution in [0, 0.1) is 6.92 Å². The molecule has 2 heterocycles. The van der Waals surface area contributed by atoms with Crippen molar-refractivity contribution in [1.82, 2.24) is 14.7 Å². The van der Waals surface area contributed by atoms with Crippen molar-refractivity contribution in [3.8, 4) is 0 Å². The fourth-order valence-corrected chi connectivity index (χ4v) is 2.74. The molecule has 1 aliphatic heterocycles. The Bertz CT molecular complexity index is 401. The van der Waals surface area contributed by atoms with E-state index in [9.17, 15) is 5.11 Å². The highest BCUT2D eigenvalue weighted by molar-refractivity contribution is 5.12. The summed E-state index contributed by atoms with van der Waals surface area (Å²) in [5.74, 6) is 0. The summed E-state index contributed by atoms with van der Waals surface area (Å²) < 4.78 is 1.89. The van der Waals surface area contributed by atoms with Crippen LogP contribution >= 0.6 is 0 Å². The molecule has 0 amide bonds. The van der Waals surface area contributed by atoms with E-state index in [2.05, 4.69) is 30.0 Å². The highest BCUT2D eigenvalue weighted by Gasteiger charge is 2.35. The summed E-state index contributed by atoms with van der Waals surface area (Å²) in [6.45, 7) is 5.14. The molecule has 2 atom stereocenters. The second-order valence-electron chi connectivity index (χ2n) is 5.59. The van der Waals surface area contributed by atoms with E-state index in [0.29, 0.717) is 12.5 Å². The van der Waals surface area contributed by atoms with E-state index >= 15 is 0 Å². The van der Waals surface area contributed by atoms with Gasteiger partial charge in [-0.15, -0.1) is 0 Å². The first-order chi connectivity index (χ1) is 7.89. The first kappa shape index (κ1) is 12.6. The molecule has 4 nitrogen and oxygen atoms in total. The molecule has 0 aromatic carbocycles. The monoisotopic (exact) mass is 237 g/mol. The molecule has 1 saturated heterocycles. The Balaban J connectivity index is 2.10. The van der Waals surface area contributed by atoms with Gasteiger partial charge in [0, 0.05) is 31.7 Å². The van der Waals surface area contributed by atoms with Crippen LogP contribution in [-0.4, -0.2) is 45.0 Å². The molecular weight excluding hydrogens is 214 g/mol. The van der Waals surface area contributed by atoms with Crippen molar-refractivity contribution in [1.29, 1.82) is 0 Å². The molecule has 0 spiro atoms. The number of aryl methyl sites for hydroxylation is 2. The standard InChI is InChI=1S/C13H23N3O/c1-10-7-12(16(4)14-10)9-13(17)5-6-15(3)11(2)8-13/h7,11,17H,5-6,8-9H2,1-4H3. The molecule has 4 heteroatoms. The second kappa shape index (κ2) is 4.42. The van der Waals surface area contributed by atoms with Crippen LogP contribution in [0.4, 0.5) is 0 Å².